The minimum absolute atomic E-state index is 0.0290. The van der Waals surface area contributed by atoms with E-state index in [4.69, 9.17) is 0 Å². The smallest absolute Gasteiger partial charge is 0.368 e. The van der Waals surface area contributed by atoms with Gasteiger partial charge in [-0.2, -0.15) is 13.2 Å². The van der Waals surface area contributed by atoms with Crippen molar-refractivity contribution in [3.63, 3.8) is 0 Å². The van der Waals surface area contributed by atoms with Gasteiger partial charge in [0.15, 0.2) is 5.69 Å². The molecule has 1 aromatic carbocycles. The molecule has 0 amide bonds. The topological polar surface area (TPSA) is 52.2 Å². The highest BCUT2D eigenvalue weighted by Crippen LogP contribution is 2.27. The number of aromatic nitrogens is 2. The van der Waals surface area contributed by atoms with Crippen LogP contribution in [-0.4, -0.2) is 36.1 Å². The van der Waals surface area contributed by atoms with E-state index in [1.807, 2.05) is 25.1 Å². The van der Waals surface area contributed by atoms with E-state index in [2.05, 4.69) is 20.9 Å². The fourth-order valence-corrected chi connectivity index (χ4v) is 2.74. The van der Waals surface area contributed by atoms with Crippen molar-refractivity contribution >= 4 is 11.6 Å². The third kappa shape index (κ3) is 3.52. The van der Waals surface area contributed by atoms with Crippen molar-refractivity contribution in [2.75, 3.05) is 36.0 Å². The van der Waals surface area contributed by atoms with Crippen LogP contribution in [0.4, 0.5) is 24.8 Å². The van der Waals surface area contributed by atoms with E-state index >= 15 is 0 Å². The number of rotatable bonds is 2. The second kappa shape index (κ2) is 6.18. The van der Waals surface area contributed by atoms with Crippen molar-refractivity contribution in [2.45, 2.75) is 13.1 Å². The van der Waals surface area contributed by atoms with Crippen molar-refractivity contribution in [3.8, 4) is 0 Å². The molecule has 5 nitrogen and oxygen atoms in total. The molecule has 2 heterocycles. The normalized spacial score (nSPS) is 15.7. The summed E-state index contributed by atoms with van der Waals surface area (Å²) in [6.45, 7) is 4.26. The zero-order valence-electron chi connectivity index (χ0n) is 13.1. The average molecular weight is 338 g/mol. The van der Waals surface area contributed by atoms with E-state index in [1.165, 1.54) is 0 Å². The van der Waals surface area contributed by atoms with Crippen LogP contribution < -0.4 is 15.4 Å². The van der Waals surface area contributed by atoms with Crippen LogP contribution in [-0.2, 0) is 6.18 Å². The summed E-state index contributed by atoms with van der Waals surface area (Å²) < 4.78 is 38.4. The lowest BCUT2D eigenvalue weighted by atomic mass is 10.2. The molecule has 0 unspecified atom stereocenters. The van der Waals surface area contributed by atoms with Gasteiger partial charge in [0.2, 0.25) is 5.95 Å². The zero-order valence-corrected chi connectivity index (χ0v) is 13.1. The van der Waals surface area contributed by atoms with Gasteiger partial charge in [0.05, 0.1) is 0 Å². The lowest BCUT2D eigenvalue weighted by molar-refractivity contribution is -0.141. The van der Waals surface area contributed by atoms with E-state index in [9.17, 15) is 18.0 Å². The quantitative estimate of drug-likeness (QED) is 0.914. The lowest BCUT2D eigenvalue weighted by Gasteiger charge is -2.36. The van der Waals surface area contributed by atoms with Gasteiger partial charge in [-0.15, -0.1) is 0 Å². The summed E-state index contributed by atoms with van der Waals surface area (Å²) in [6.07, 6.45) is -4.63. The number of hydrogen-bond donors (Lipinski definition) is 1. The molecule has 2 aromatic rings. The summed E-state index contributed by atoms with van der Waals surface area (Å²) in [5.41, 5.74) is 0.273. The number of hydrogen-bond acceptors (Lipinski definition) is 4. The van der Waals surface area contributed by atoms with Gasteiger partial charge in [0, 0.05) is 37.9 Å². The molecule has 0 radical (unpaired) electrons. The molecular formula is C16H17F3N4O. The minimum Gasteiger partial charge on any atom is -0.368 e. The first-order valence-corrected chi connectivity index (χ1v) is 7.58. The van der Waals surface area contributed by atoms with Crippen molar-refractivity contribution < 1.29 is 13.2 Å². The van der Waals surface area contributed by atoms with E-state index in [0.717, 1.165) is 11.3 Å². The number of aromatic amines is 1. The fraction of sp³-hybridized carbons (Fsp3) is 0.375. The number of aryl methyl sites for hydroxylation is 1. The summed E-state index contributed by atoms with van der Waals surface area (Å²) in [7, 11) is 0. The molecular weight excluding hydrogens is 321 g/mol. The predicted octanol–water partition coefficient (Wildman–Crippen LogP) is 2.42. The van der Waals surface area contributed by atoms with E-state index in [-0.39, 0.29) is 5.95 Å². The summed E-state index contributed by atoms with van der Waals surface area (Å²) in [5.74, 6) is -0.0290. The van der Waals surface area contributed by atoms with Crippen LogP contribution in [0.3, 0.4) is 0 Å². The second-order valence-corrected chi connectivity index (χ2v) is 5.77. The number of nitrogens with zero attached hydrogens (tertiary/aromatic N) is 3. The number of alkyl halides is 3. The number of nitrogens with one attached hydrogen (secondary N) is 1. The van der Waals surface area contributed by atoms with Crippen molar-refractivity contribution in [2.24, 2.45) is 0 Å². The molecule has 24 heavy (non-hydrogen) atoms. The molecule has 1 aliphatic heterocycles. The Labute approximate surface area is 136 Å². The Hall–Kier alpha value is -2.51. The maximum Gasteiger partial charge on any atom is 0.433 e. The van der Waals surface area contributed by atoms with Gasteiger partial charge < -0.3 is 9.80 Å². The summed E-state index contributed by atoms with van der Waals surface area (Å²) >= 11 is 0. The minimum atomic E-state index is -4.63. The molecule has 1 aliphatic rings. The Morgan fingerprint density at radius 3 is 2.38 bits per heavy atom. The molecule has 128 valence electrons. The molecule has 0 bridgehead atoms. The number of H-pyrrole nitrogens is 1. The molecule has 1 aromatic heterocycles. The number of piperazine rings is 1. The maximum atomic E-state index is 12.8. The summed E-state index contributed by atoms with van der Waals surface area (Å²) in [5, 5.41) is 0. The summed E-state index contributed by atoms with van der Waals surface area (Å²) in [6, 6.07) is 8.54. The monoisotopic (exact) mass is 338 g/mol. The SMILES string of the molecule is Cc1cccc(N2CCN(c3nc(C(F)(F)F)cc(=O)[nH]3)CC2)c1. The molecule has 0 aliphatic carbocycles. The molecule has 3 rings (SSSR count). The van der Waals surface area contributed by atoms with Gasteiger partial charge in [-0.05, 0) is 24.6 Å². The number of benzene rings is 1. The van der Waals surface area contributed by atoms with Gasteiger partial charge in [0.1, 0.15) is 0 Å². The third-order valence-electron chi connectivity index (χ3n) is 3.97. The third-order valence-corrected chi connectivity index (χ3v) is 3.97. The lowest BCUT2D eigenvalue weighted by Crippen LogP contribution is -2.47. The van der Waals surface area contributed by atoms with Gasteiger partial charge in [-0.3, -0.25) is 9.78 Å². The van der Waals surface area contributed by atoms with Crippen molar-refractivity contribution in [1.29, 1.82) is 0 Å². The first-order valence-electron chi connectivity index (χ1n) is 7.58. The molecule has 0 spiro atoms. The Kier molecular flexibility index (Phi) is 4.21. The van der Waals surface area contributed by atoms with E-state index in [1.54, 1.807) is 4.90 Å². The highest BCUT2D eigenvalue weighted by molar-refractivity contribution is 5.50. The van der Waals surface area contributed by atoms with Crippen LogP contribution in [0.2, 0.25) is 0 Å². The highest BCUT2D eigenvalue weighted by atomic mass is 19.4. The van der Waals surface area contributed by atoms with Crippen LogP contribution in [0.1, 0.15) is 11.3 Å². The van der Waals surface area contributed by atoms with E-state index in [0.29, 0.717) is 32.2 Å². The van der Waals surface area contributed by atoms with Crippen LogP contribution in [0.25, 0.3) is 0 Å². The first kappa shape index (κ1) is 16.4. The largest absolute Gasteiger partial charge is 0.433 e. The highest BCUT2D eigenvalue weighted by Gasteiger charge is 2.34. The second-order valence-electron chi connectivity index (χ2n) is 5.77. The van der Waals surface area contributed by atoms with Gasteiger partial charge >= 0.3 is 6.18 Å². The molecule has 1 saturated heterocycles. The van der Waals surface area contributed by atoms with Crippen molar-refractivity contribution in [3.05, 3.63) is 51.9 Å². The molecule has 1 N–H and O–H groups in total. The van der Waals surface area contributed by atoms with Crippen LogP contribution in [0.5, 0.6) is 0 Å². The zero-order chi connectivity index (χ0) is 17.3. The van der Waals surface area contributed by atoms with Gasteiger partial charge in [-0.1, -0.05) is 12.1 Å². The molecule has 0 atom stereocenters. The standard InChI is InChI=1S/C16H17F3N4O/c1-11-3-2-4-12(9-11)22-5-7-23(8-6-22)15-20-13(16(17,18)19)10-14(24)21-15/h2-4,9-10H,5-8H2,1H3,(H,20,21,24). The Balaban J connectivity index is 1.75. The predicted molar refractivity (Wildman–Crippen MR) is 85.5 cm³/mol. The van der Waals surface area contributed by atoms with E-state index < -0.39 is 17.4 Å². The molecule has 0 saturated carbocycles. The first-order chi connectivity index (χ1) is 11.3. The van der Waals surface area contributed by atoms with Crippen LogP contribution in [0, 0.1) is 6.92 Å². The maximum absolute atomic E-state index is 12.8. The van der Waals surface area contributed by atoms with Gasteiger partial charge in [-0.25, -0.2) is 4.98 Å². The van der Waals surface area contributed by atoms with Crippen LogP contribution in [0.15, 0.2) is 35.1 Å². The Morgan fingerprint density at radius 1 is 1.08 bits per heavy atom. The number of anilines is 2. The average Bonchev–Trinajstić information content (AvgIpc) is 2.54. The van der Waals surface area contributed by atoms with Gasteiger partial charge in [0.25, 0.3) is 5.56 Å². The van der Waals surface area contributed by atoms with Crippen molar-refractivity contribution in [1.82, 2.24) is 9.97 Å². The molecule has 1 fully saturated rings. The summed E-state index contributed by atoms with van der Waals surface area (Å²) in [4.78, 5) is 21.3. The van der Waals surface area contributed by atoms with Crippen LogP contribution >= 0.6 is 0 Å². The Morgan fingerprint density at radius 2 is 1.75 bits per heavy atom. The number of halogens is 3. The molecule has 8 heteroatoms. The fourth-order valence-electron chi connectivity index (χ4n) is 2.74. The Bertz CT molecular complexity index is 779.